The summed E-state index contributed by atoms with van der Waals surface area (Å²) in [5.74, 6) is 0.372. The Balaban J connectivity index is 0.000000406. The Kier molecular flexibility index (Phi) is 8.67. The Morgan fingerprint density at radius 1 is 1.29 bits per heavy atom. The molecule has 0 bridgehead atoms. The molecule has 34 heavy (non-hydrogen) atoms. The van der Waals surface area contributed by atoms with Crippen LogP contribution in [0.25, 0.3) is 5.69 Å². The van der Waals surface area contributed by atoms with E-state index in [-0.39, 0.29) is 11.5 Å². The lowest BCUT2D eigenvalue weighted by molar-refractivity contribution is -0.117. The van der Waals surface area contributed by atoms with E-state index in [0.29, 0.717) is 35.8 Å². The SMILES string of the molecule is C=CCC(F)CC.CC(C(=O)Nc1cc(C2CC2)[nH]n1)c1cnn(-c2cccc(C(F)F)c2)c1. The number of halogens is 3. The molecule has 0 radical (unpaired) electrons. The number of rotatable bonds is 9. The van der Waals surface area contributed by atoms with E-state index in [0.717, 1.165) is 18.5 Å². The number of carbonyl (C=O) groups excluding carboxylic acids is 1. The minimum Gasteiger partial charge on any atom is -0.309 e. The van der Waals surface area contributed by atoms with Crippen molar-refractivity contribution < 1.29 is 18.0 Å². The highest BCUT2D eigenvalue weighted by Crippen LogP contribution is 2.39. The van der Waals surface area contributed by atoms with Gasteiger partial charge in [-0.1, -0.05) is 25.1 Å². The Bertz CT molecular complexity index is 1090. The van der Waals surface area contributed by atoms with Crippen LogP contribution in [0.2, 0.25) is 0 Å². The normalized spacial score (nSPS) is 14.8. The van der Waals surface area contributed by atoms with Crippen molar-refractivity contribution >= 4 is 11.7 Å². The molecule has 2 heterocycles. The molecule has 4 rings (SSSR count). The summed E-state index contributed by atoms with van der Waals surface area (Å²) in [7, 11) is 0. The number of hydrogen-bond donors (Lipinski definition) is 2. The monoisotopic (exact) mass is 473 g/mol. The molecule has 2 atom stereocenters. The third-order valence-electron chi connectivity index (χ3n) is 5.61. The van der Waals surface area contributed by atoms with E-state index < -0.39 is 18.5 Å². The first-order chi connectivity index (χ1) is 16.3. The van der Waals surface area contributed by atoms with E-state index in [2.05, 4.69) is 27.2 Å². The average molecular weight is 474 g/mol. The van der Waals surface area contributed by atoms with Crippen LogP contribution in [0, 0.1) is 0 Å². The van der Waals surface area contributed by atoms with Gasteiger partial charge in [0.1, 0.15) is 6.17 Å². The van der Waals surface area contributed by atoms with Gasteiger partial charge in [0.15, 0.2) is 5.82 Å². The fourth-order valence-electron chi connectivity index (χ4n) is 3.24. The molecule has 0 saturated heterocycles. The second-order valence-electron chi connectivity index (χ2n) is 8.34. The van der Waals surface area contributed by atoms with Gasteiger partial charge in [0.2, 0.25) is 5.91 Å². The minimum absolute atomic E-state index is 0.0691. The Morgan fingerprint density at radius 3 is 2.68 bits per heavy atom. The predicted molar refractivity (Wildman–Crippen MR) is 126 cm³/mol. The number of carbonyl (C=O) groups is 1. The maximum absolute atomic E-state index is 12.9. The molecule has 0 aliphatic heterocycles. The molecule has 2 unspecified atom stereocenters. The fourth-order valence-corrected chi connectivity index (χ4v) is 3.24. The topological polar surface area (TPSA) is 75.6 Å². The van der Waals surface area contributed by atoms with Gasteiger partial charge in [0.25, 0.3) is 6.43 Å². The summed E-state index contributed by atoms with van der Waals surface area (Å²) in [6.07, 6.45) is 5.04. The van der Waals surface area contributed by atoms with Gasteiger partial charge in [0, 0.05) is 35.0 Å². The second-order valence-corrected chi connectivity index (χ2v) is 8.34. The quantitative estimate of drug-likeness (QED) is 0.350. The number of nitrogens with zero attached hydrogens (tertiary/aromatic N) is 3. The number of aromatic amines is 1. The van der Waals surface area contributed by atoms with Gasteiger partial charge in [-0.3, -0.25) is 9.89 Å². The van der Waals surface area contributed by atoms with Gasteiger partial charge in [-0.15, -0.1) is 6.58 Å². The third-order valence-corrected chi connectivity index (χ3v) is 5.61. The molecule has 2 aromatic heterocycles. The zero-order valence-electron chi connectivity index (χ0n) is 19.3. The zero-order valence-corrected chi connectivity index (χ0v) is 19.3. The fraction of sp³-hybridized carbons (Fsp3) is 0.400. The Hall–Kier alpha value is -3.36. The first-order valence-corrected chi connectivity index (χ1v) is 11.4. The molecule has 1 saturated carbocycles. The van der Waals surface area contributed by atoms with E-state index in [1.807, 2.05) is 13.0 Å². The van der Waals surface area contributed by atoms with Crippen LogP contribution in [0.1, 0.15) is 74.6 Å². The number of anilines is 1. The van der Waals surface area contributed by atoms with Crippen LogP contribution in [0.5, 0.6) is 0 Å². The molecule has 1 aliphatic carbocycles. The molecular formula is C25H30F3N5O. The molecule has 1 amide bonds. The smallest absolute Gasteiger partial charge is 0.263 e. The van der Waals surface area contributed by atoms with Gasteiger partial charge in [-0.25, -0.2) is 17.9 Å². The standard InChI is InChI=1S/C19H19F2N5O.C6H11F/c1-11(19(27)23-17-8-16(24-25-17)12-5-6-12)14-9-22-26(10-14)15-4-2-3-13(7-15)18(20)21;1-3-5-6(7)4-2/h2-4,7-12,18H,5-6H2,1H3,(H2,23,24,25,27);3,6H,1,4-5H2,2H3. The van der Waals surface area contributed by atoms with E-state index in [4.69, 9.17) is 0 Å². The number of benzene rings is 1. The first-order valence-electron chi connectivity index (χ1n) is 11.4. The molecule has 0 spiro atoms. The van der Waals surface area contributed by atoms with Crippen LogP contribution in [-0.2, 0) is 4.79 Å². The molecule has 3 aromatic rings. The van der Waals surface area contributed by atoms with E-state index in [1.165, 1.54) is 16.8 Å². The summed E-state index contributed by atoms with van der Waals surface area (Å²) in [5, 5.41) is 14.1. The third kappa shape index (κ3) is 6.82. The van der Waals surface area contributed by atoms with Gasteiger partial charge >= 0.3 is 0 Å². The molecule has 1 fully saturated rings. The minimum atomic E-state index is -2.54. The highest BCUT2D eigenvalue weighted by atomic mass is 19.3. The lowest BCUT2D eigenvalue weighted by atomic mass is 10.0. The van der Waals surface area contributed by atoms with Crippen LogP contribution in [0.4, 0.5) is 19.0 Å². The number of aromatic nitrogens is 4. The average Bonchev–Trinajstić information content (AvgIpc) is 3.38. The van der Waals surface area contributed by atoms with Crippen LogP contribution >= 0.6 is 0 Å². The number of amides is 1. The van der Waals surface area contributed by atoms with Crippen LogP contribution in [-0.4, -0.2) is 32.1 Å². The van der Waals surface area contributed by atoms with E-state index in [9.17, 15) is 18.0 Å². The summed E-state index contributed by atoms with van der Waals surface area (Å²) in [6, 6.07) is 7.87. The van der Waals surface area contributed by atoms with Gasteiger partial charge < -0.3 is 5.32 Å². The maximum Gasteiger partial charge on any atom is 0.263 e. The van der Waals surface area contributed by atoms with Crippen molar-refractivity contribution in [2.75, 3.05) is 5.32 Å². The lowest BCUT2D eigenvalue weighted by Gasteiger charge is -2.08. The van der Waals surface area contributed by atoms with Crippen molar-refractivity contribution in [1.82, 2.24) is 20.0 Å². The molecular weight excluding hydrogens is 443 g/mol. The lowest BCUT2D eigenvalue weighted by Crippen LogP contribution is -2.18. The van der Waals surface area contributed by atoms with Crippen LogP contribution < -0.4 is 5.32 Å². The van der Waals surface area contributed by atoms with Crippen molar-refractivity contribution in [3.05, 3.63) is 72.2 Å². The number of H-pyrrole nitrogens is 1. The van der Waals surface area contributed by atoms with Crippen LogP contribution in [0.3, 0.4) is 0 Å². The summed E-state index contributed by atoms with van der Waals surface area (Å²) < 4.78 is 39.3. The van der Waals surface area contributed by atoms with Crippen molar-refractivity contribution in [3.8, 4) is 5.69 Å². The summed E-state index contributed by atoms with van der Waals surface area (Å²) in [5.41, 5.74) is 2.19. The Morgan fingerprint density at radius 2 is 2.06 bits per heavy atom. The predicted octanol–water partition coefficient (Wildman–Crippen LogP) is 6.46. The number of alkyl halides is 3. The largest absolute Gasteiger partial charge is 0.309 e. The van der Waals surface area contributed by atoms with Crippen molar-refractivity contribution in [2.24, 2.45) is 0 Å². The number of hydrogen-bond acceptors (Lipinski definition) is 3. The number of nitrogens with one attached hydrogen (secondary N) is 2. The number of allylic oxidation sites excluding steroid dienone is 1. The molecule has 9 heteroatoms. The van der Waals surface area contributed by atoms with Crippen molar-refractivity contribution in [2.45, 2.75) is 64.0 Å². The van der Waals surface area contributed by atoms with Crippen molar-refractivity contribution in [1.29, 1.82) is 0 Å². The summed E-state index contributed by atoms with van der Waals surface area (Å²) >= 11 is 0. The second kappa shape index (κ2) is 11.7. The van der Waals surface area contributed by atoms with Gasteiger partial charge in [0.05, 0.1) is 17.8 Å². The zero-order chi connectivity index (χ0) is 24.7. The molecule has 1 aromatic carbocycles. The molecule has 1 aliphatic rings. The summed E-state index contributed by atoms with van der Waals surface area (Å²) in [4.78, 5) is 12.5. The van der Waals surface area contributed by atoms with Gasteiger partial charge in [-0.2, -0.15) is 10.2 Å². The maximum atomic E-state index is 12.9. The highest BCUT2D eigenvalue weighted by Gasteiger charge is 2.26. The van der Waals surface area contributed by atoms with E-state index in [1.54, 1.807) is 37.5 Å². The summed E-state index contributed by atoms with van der Waals surface area (Å²) in [6.45, 7) is 7.00. The first kappa shape index (κ1) is 25.3. The highest BCUT2D eigenvalue weighted by molar-refractivity contribution is 5.94. The Labute approximate surface area is 197 Å². The molecule has 182 valence electrons. The van der Waals surface area contributed by atoms with E-state index >= 15 is 0 Å². The van der Waals surface area contributed by atoms with Crippen molar-refractivity contribution in [3.63, 3.8) is 0 Å². The molecule has 2 N–H and O–H groups in total. The van der Waals surface area contributed by atoms with Crippen LogP contribution in [0.15, 0.2) is 55.4 Å². The van der Waals surface area contributed by atoms with Gasteiger partial charge in [-0.05, 0) is 44.7 Å². The molecule has 6 nitrogen and oxygen atoms in total.